The van der Waals surface area contributed by atoms with Crippen molar-refractivity contribution in [2.75, 3.05) is 0 Å². The molecule has 0 heterocycles. The molecule has 0 aromatic heterocycles. The van der Waals surface area contributed by atoms with Gasteiger partial charge < -0.3 is 0 Å². The molecule has 0 bridgehead atoms. The summed E-state index contributed by atoms with van der Waals surface area (Å²) in [6.07, 6.45) is 2.98. The zero-order valence-corrected chi connectivity index (χ0v) is 15.0. The van der Waals surface area contributed by atoms with Crippen LogP contribution in [0.4, 0.5) is 0 Å². The van der Waals surface area contributed by atoms with Crippen LogP contribution in [0.5, 0.6) is 0 Å². The molecule has 0 unspecified atom stereocenters. The molecule has 1 rings (SSSR count). The first-order valence-corrected chi connectivity index (χ1v) is 7.62. The number of aliphatic imine (C=N–C) groups is 2. The largest absolute Gasteiger partial charge is 0.235 e. The topological polar surface area (TPSA) is 58.9 Å². The van der Waals surface area contributed by atoms with Gasteiger partial charge in [-0.25, -0.2) is 19.6 Å². The highest BCUT2D eigenvalue weighted by Crippen LogP contribution is 2.42. The Morgan fingerprint density at radius 3 is 1.22 bits per heavy atom. The number of hydrogen-bond acceptors (Lipinski definition) is 4. The number of carbonyl (C=O) groups excluding carboxylic acids is 2. The van der Waals surface area contributed by atoms with Gasteiger partial charge in [-0.1, -0.05) is 0 Å². The van der Waals surface area contributed by atoms with Crippen molar-refractivity contribution in [1.82, 2.24) is 0 Å². The maximum atomic E-state index is 10.2. The lowest BCUT2D eigenvalue weighted by atomic mass is 10.1. The first kappa shape index (κ1) is 16.0. The Labute approximate surface area is 136 Å². The number of benzene rings is 1. The minimum Gasteiger partial charge on any atom is -0.211 e. The van der Waals surface area contributed by atoms with Crippen molar-refractivity contribution in [2.45, 2.75) is 13.1 Å². The lowest BCUT2D eigenvalue weighted by Crippen LogP contribution is -1.96. The molecular formula is C10H4Br4N2O2. The van der Waals surface area contributed by atoms with Gasteiger partial charge in [0, 0.05) is 29.0 Å². The van der Waals surface area contributed by atoms with Crippen LogP contribution in [0, 0.1) is 0 Å². The Morgan fingerprint density at radius 1 is 0.722 bits per heavy atom. The fraction of sp³-hybridized carbons (Fsp3) is 0.200. The quantitative estimate of drug-likeness (QED) is 0.347. The predicted octanol–water partition coefficient (Wildman–Crippen LogP) is 4.41. The number of halogens is 4. The van der Waals surface area contributed by atoms with Crippen LogP contribution < -0.4 is 0 Å². The van der Waals surface area contributed by atoms with E-state index in [1.54, 1.807) is 0 Å². The van der Waals surface area contributed by atoms with E-state index in [0.29, 0.717) is 0 Å². The van der Waals surface area contributed by atoms with Crippen molar-refractivity contribution in [1.29, 1.82) is 0 Å². The van der Waals surface area contributed by atoms with Crippen LogP contribution >= 0.6 is 63.7 Å². The Morgan fingerprint density at radius 2 is 1.00 bits per heavy atom. The summed E-state index contributed by atoms with van der Waals surface area (Å²) >= 11 is 13.6. The van der Waals surface area contributed by atoms with Crippen LogP contribution in [0.3, 0.4) is 0 Å². The summed E-state index contributed by atoms with van der Waals surface area (Å²) in [5.74, 6) is 0. The van der Waals surface area contributed by atoms with E-state index in [1.807, 2.05) is 0 Å². The molecule has 0 fully saturated rings. The lowest BCUT2D eigenvalue weighted by Gasteiger charge is -2.13. The van der Waals surface area contributed by atoms with Gasteiger partial charge in [-0.3, -0.25) is 0 Å². The third-order valence-corrected chi connectivity index (χ3v) is 6.61. The van der Waals surface area contributed by atoms with Crippen molar-refractivity contribution in [3.63, 3.8) is 0 Å². The highest BCUT2D eigenvalue weighted by molar-refractivity contribution is 9.14. The predicted molar refractivity (Wildman–Crippen MR) is 80.9 cm³/mol. The molecule has 94 valence electrons. The minimum atomic E-state index is 0.194. The van der Waals surface area contributed by atoms with E-state index in [2.05, 4.69) is 73.7 Å². The van der Waals surface area contributed by atoms with Crippen molar-refractivity contribution in [2.24, 2.45) is 9.98 Å². The van der Waals surface area contributed by atoms with Gasteiger partial charge in [0.2, 0.25) is 12.2 Å². The summed E-state index contributed by atoms with van der Waals surface area (Å²) in [4.78, 5) is 27.4. The van der Waals surface area contributed by atoms with Gasteiger partial charge in [-0.05, 0) is 63.7 Å². The van der Waals surface area contributed by atoms with E-state index in [9.17, 15) is 9.59 Å². The van der Waals surface area contributed by atoms with Crippen LogP contribution in [0.15, 0.2) is 27.9 Å². The van der Waals surface area contributed by atoms with Gasteiger partial charge >= 0.3 is 0 Å². The SMILES string of the molecule is O=C=NCc1c(Br)c(Br)c(CN=C=O)c(Br)c1Br. The molecular weight excluding hydrogens is 500 g/mol. The average Bonchev–Trinajstić information content (AvgIpc) is 2.37. The van der Waals surface area contributed by atoms with Crippen LogP contribution in [0.2, 0.25) is 0 Å². The number of isocyanates is 2. The summed E-state index contributed by atoms with van der Waals surface area (Å²) in [5.41, 5.74) is 1.58. The fourth-order valence-corrected chi connectivity index (χ4v) is 4.01. The molecule has 0 aliphatic rings. The van der Waals surface area contributed by atoms with Gasteiger partial charge in [0.05, 0.1) is 13.1 Å². The minimum absolute atomic E-state index is 0.194. The first-order valence-electron chi connectivity index (χ1n) is 4.45. The fourth-order valence-electron chi connectivity index (χ4n) is 1.22. The number of hydrogen-bond donors (Lipinski definition) is 0. The summed E-state index contributed by atoms with van der Waals surface area (Å²) < 4.78 is 2.97. The zero-order chi connectivity index (χ0) is 13.7. The highest BCUT2D eigenvalue weighted by Gasteiger charge is 2.18. The summed E-state index contributed by atoms with van der Waals surface area (Å²) in [7, 11) is 0. The summed E-state index contributed by atoms with van der Waals surface area (Å²) in [6, 6.07) is 0. The van der Waals surface area contributed by atoms with E-state index >= 15 is 0 Å². The monoisotopic (exact) mass is 500 g/mol. The van der Waals surface area contributed by atoms with Crippen LogP contribution in [0.25, 0.3) is 0 Å². The molecule has 1 aromatic rings. The molecule has 8 heteroatoms. The molecule has 0 aliphatic carbocycles. The highest BCUT2D eigenvalue weighted by atomic mass is 79.9. The molecule has 0 spiro atoms. The third-order valence-electron chi connectivity index (χ3n) is 2.05. The molecule has 0 saturated carbocycles. The molecule has 0 amide bonds. The Hall–Kier alpha value is -0.100. The summed E-state index contributed by atoms with van der Waals surface area (Å²) in [5, 5.41) is 0. The second-order valence-electron chi connectivity index (χ2n) is 3.03. The molecule has 1 aromatic carbocycles. The maximum Gasteiger partial charge on any atom is 0.235 e. The Bertz CT molecular complexity index is 496. The van der Waals surface area contributed by atoms with E-state index in [4.69, 9.17) is 0 Å². The molecule has 0 saturated heterocycles. The number of nitrogens with zero attached hydrogens (tertiary/aromatic N) is 2. The van der Waals surface area contributed by atoms with Crippen LogP contribution in [-0.4, -0.2) is 12.2 Å². The smallest absolute Gasteiger partial charge is 0.211 e. The molecule has 0 atom stereocenters. The van der Waals surface area contributed by atoms with Crippen molar-refractivity contribution < 1.29 is 9.59 Å². The normalized spacial score (nSPS) is 9.56. The Balaban J connectivity index is 3.43. The standard InChI is InChI=1S/C10H4Br4N2O2/c11-7-5(1-15-3-17)8(12)10(14)6(9(7)13)2-16-4-18/h1-2H2. The van der Waals surface area contributed by atoms with Gasteiger partial charge in [-0.2, -0.15) is 0 Å². The average molecular weight is 504 g/mol. The molecule has 0 aliphatic heterocycles. The summed E-state index contributed by atoms with van der Waals surface area (Å²) in [6.45, 7) is 0.387. The zero-order valence-electron chi connectivity index (χ0n) is 8.64. The second-order valence-corrected chi connectivity index (χ2v) is 6.20. The van der Waals surface area contributed by atoms with Crippen molar-refractivity contribution in [3.8, 4) is 0 Å². The van der Waals surface area contributed by atoms with E-state index in [1.165, 1.54) is 12.2 Å². The Kier molecular flexibility index (Phi) is 6.63. The third kappa shape index (κ3) is 3.47. The van der Waals surface area contributed by atoms with Gasteiger partial charge in [0.1, 0.15) is 0 Å². The van der Waals surface area contributed by atoms with Crippen LogP contribution in [0.1, 0.15) is 11.1 Å². The van der Waals surface area contributed by atoms with E-state index in [-0.39, 0.29) is 13.1 Å². The molecule has 0 radical (unpaired) electrons. The second kappa shape index (κ2) is 7.48. The molecule has 18 heavy (non-hydrogen) atoms. The lowest BCUT2D eigenvalue weighted by molar-refractivity contribution is 0.562. The van der Waals surface area contributed by atoms with Crippen molar-refractivity contribution in [3.05, 3.63) is 29.0 Å². The van der Waals surface area contributed by atoms with Gasteiger partial charge in [-0.15, -0.1) is 0 Å². The van der Waals surface area contributed by atoms with Gasteiger partial charge in [0.15, 0.2) is 0 Å². The molecule has 0 N–H and O–H groups in total. The van der Waals surface area contributed by atoms with E-state index < -0.39 is 0 Å². The number of rotatable bonds is 4. The maximum absolute atomic E-state index is 10.2. The van der Waals surface area contributed by atoms with Crippen LogP contribution in [-0.2, 0) is 22.7 Å². The van der Waals surface area contributed by atoms with Crippen molar-refractivity contribution >= 4 is 75.9 Å². The first-order chi connectivity index (χ1) is 8.54. The van der Waals surface area contributed by atoms with E-state index in [0.717, 1.165) is 29.0 Å². The molecule has 4 nitrogen and oxygen atoms in total. The van der Waals surface area contributed by atoms with Gasteiger partial charge in [0.25, 0.3) is 0 Å².